The number of carbonyl (C=O) groups excluding carboxylic acids is 1. The number of nitrogens with zero attached hydrogens (tertiary/aromatic N) is 1. The van der Waals surface area contributed by atoms with Crippen molar-refractivity contribution in [2.75, 3.05) is 5.32 Å². The minimum absolute atomic E-state index is 0.00630. The molecular weight excluding hydrogens is 332 g/mol. The lowest BCUT2D eigenvalue weighted by atomic mass is 10.1. The molecule has 26 heavy (non-hydrogen) atoms. The van der Waals surface area contributed by atoms with Gasteiger partial charge in [-0.2, -0.15) is 0 Å². The lowest BCUT2D eigenvalue weighted by molar-refractivity contribution is 0.0690. The van der Waals surface area contributed by atoms with Gasteiger partial charge in [-0.25, -0.2) is 14.6 Å². The number of carboxylic acid groups (broad SMARTS) is 1. The van der Waals surface area contributed by atoms with Crippen molar-refractivity contribution in [3.8, 4) is 11.1 Å². The smallest absolute Gasteiger partial charge is 0.411 e. The second kappa shape index (κ2) is 7.94. The molecule has 6 heteroatoms. The number of rotatable bonds is 5. The first-order valence-corrected chi connectivity index (χ1v) is 7.89. The van der Waals surface area contributed by atoms with Gasteiger partial charge in [-0.3, -0.25) is 5.32 Å². The predicted octanol–water partition coefficient (Wildman–Crippen LogP) is 4.20. The molecule has 2 aromatic carbocycles. The summed E-state index contributed by atoms with van der Waals surface area (Å²) in [5, 5.41) is 11.5. The zero-order valence-corrected chi connectivity index (χ0v) is 13.8. The van der Waals surface area contributed by atoms with Gasteiger partial charge in [-0.05, 0) is 29.3 Å². The van der Waals surface area contributed by atoms with Crippen LogP contribution in [-0.2, 0) is 11.3 Å². The summed E-state index contributed by atoms with van der Waals surface area (Å²) < 4.78 is 5.17. The first-order chi connectivity index (χ1) is 12.6. The van der Waals surface area contributed by atoms with E-state index >= 15 is 0 Å². The Labute approximate surface area is 150 Å². The molecule has 0 spiro atoms. The molecule has 130 valence electrons. The van der Waals surface area contributed by atoms with E-state index in [9.17, 15) is 9.59 Å². The number of hydrogen-bond acceptors (Lipinski definition) is 4. The fraction of sp³-hybridized carbons (Fsp3) is 0.0500. The van der Waals surface area contributed by atoms with Crippen LogP contribution < -0.4 is 5.32 Å². The molecule has 2 N–H and O–H groups in total. The number of anilines is 1. The Morgan fingerprint density at radius 1 is 0.923 bits per heavy atom. The van der Waals surface area contributed by atoms with Crippen molar-refractivity contribution in [1.82, 2.24) is 4.98 Å². The SMILES string of the molecule is O=C(Nc1ccc(-c2ccc(C(=O)O)nc2)cc1)OCc1ccccc1. The Kier molecular flexibility index (Phi) is 5.24. The Balaban J connectivity index is 1.58. The summed E-state index contributed by atoms with van der Waals surface area (Å²) in [6.45, 7) is 0.201. The monoisotopic (exact) mass is 348 g/mol. The van der Waals surface area contributed by atoms with Crippen LogP contribution in [0.5, 0.6) is 0 Å². The summed E-state index contributed by atoms with van der Waals surface area (Å²) in [7, 11) is 0. The summed E-state index contributed by atoms with van der Waals surface area (Å²) in [4.78, 5) is 26.6. The van der Waals surface area contributed by atoms with Crippen LogP contribution in [0.25, 0.3) is 11.1 Å². The number of benzene rings is 2. The van der Waals surface area contributed by atoms with Gasteiger partial charge in [-0.15, -0.1) is 0 Å². The quantitative estimate of drug-likeness (QED) is 0.721. The average Bonchev–Trinajstić information content (AvgIpc) is 2.68. The number of hydrogen-bond donors (Lipinski definition) is 2. The highest BCUT2D eigenvalue weighted by Crippen LogP contribution is 2.21. The Hall–Kier alpha value is -3.67. The molecule has 1 heterocycles. The zero-order valence-electron chi connectivity index (χ0n) is 13.8. The third-order valence-corrected chi connectivity index (χ3v) is 3.66. The Bertz CT molecular complexity index is 891. The molecule has 1 amide bonds. The van der Waals surface area contributed by atoms with Gasteiger partial charge in [0.15, 0.2) is 0 Å². The standard InChI is InChI=1S/C20H16N2O4/c23-19(24)18-11-8-16(12-21-18)15-6-9-17(10-7-15)22-20(25)26-13-14-4-2-1-3-5-14/h1-12H,13H2,(H,22,25)(H,23,24). The number of aromatic carboxylic acids is 1. The fourth-order valence-corrected chi connectivity index (χ4v) is 2.31. The second-order valence-electron chi connectivity index (χ2n) is 5.50. The van der Waals surface area contributed by atoms with Gasteiger partial charge in [-0.1, -0.05) is 48.5 Å². The highest BCUT2D eigenvalue weighted by molar-refractivity contribution is 5.86. The van der Waals surface area contributed by atoms with Crippen molar-refractivity contribution >= 4 is 17.7 Å². The number of amides is 1. The van der Waals surface area contributed by atoms with Crippen molar-refractivity contribution in [2.45, 2.75) is 6.61 Å². The van der Waals surface area contributed by atoms with Crippen molar-refractivity contribution in [3.63, 3.8) is 0 Å². The summed E-state index contributed by atoms with van der Waals surface area (Å²) in [5.74, 6) is -1.06. The van der Waals surface area contributed by atoms with E-state index in [-0.39, 0.29) is 12.3 Å². The maximum atomic E-state index is 11.8. The number of pyridine rings is 1. The topological polar surface area (TPSA) is 88.5 Å². The Morgan fingerprint density at radius 3 is 2.23 bits per heavy atom. The van der Waals surface area contributed by atoms with E-state index in [2.05, 4.69) is 10.3 Å². The van der Waals surface area contributed by atoms with E-state index in [0.717, 1.165) is 16.7 Å². The molecule has 3 rings (SSSR count). The molecule has 1 aromatic heterocycles. The van der Waals surface area contributed by atoms with Crippen molar-refractivity contribution < 1.29 is 19.4 Å². The summed E-state index contributed by atoms with van der Waals surface area (Å²) in [6, 6.07) is 19.7. The van der Waals surface area contributed by atoms with Gasteiger partial charge in [0.2, 0.25) is 0 Å². The van der Waals surface area contributed by atoms with Crippen molar-refractivity contribution in [2.24, 2.45) is 0 Å². The minimum Gasteiger partial charge on any atom is -0.477 e. The molecule has 0 bridgehead atoms. The fourth-order valence-electron chi connectivity index (χ4n) is 2.31. The van der Waals surface area contributed by atoms with Crippen molar-refractivity contribution in [3.05, 3.63) is 84.2 Å². The van der Waals surface area contributed by atoms with Gasteiger partial charge >= 0.3 is 12.1 Å². The molecule has 6 nitrogen and oxygen atoms in total. The van der Waals surface area contributed by atoms with E-state index in [4.69, 9.17) is 9.84 Å². The molecular formula is C20H16N2O4. The van der Waals surface area contributed by atoms with Crippen LogP contribution in [-0.4, -0.2) is 22.2 Å². The zero-order chi connectivity index (χ0) is 18.4. The summed E-state index contributed by atoms with van der Waals surface area (Å²) in [6.07, 6.45) is 0.967. The largest absolute Gasteiger partial charge is 0.477 e. The van der Waals surface area contributed by atoms with Gasteiger partial charge in [0.1, 0.15) is 12.3 Å². The molecule has 0 saturated heterocycles. The molecule has 0 saturated carbocycles. The van der Waals surface area contributed by atoms with Crippen LogP contribution in [0.1, 0.15) is 16.1 Å². The van der Waals surface area contributed by atoms with E-state index in [1.165, 1.54) is 12.3 Å². The normalized spacial score (nSPS) is 10.2. The van der Waals surface area contributed by atoms with Crippen LogP contribution in [0.4, 0.5) is 10.5 Å². The third kappa shape index (κ3) is 4.45. The lowest BCUT2D eigenvalue weighted by Gasteiger charge is -2.08. The summed E-state index contributed by atoms with van der Waals surface area (Å²) in [5.41, 5.74) is 3.15. The first kappa shape index (κ1) is 17.2. The van der Waals surface area contributed by atoms with Gasteiger partial charge in [0.05, 0.1) is 0 Å². The van der Waals surface area contributed by atoms with Crippen molar-refractivity contribution in [1.29, 1.82) is 0 Å². The first-order valence-electron chi connectivity index (χ1n) is 7.89. The van der Waals surface area contributed by atoms with Gasteiger partial charge < -0.3 is 9.84 Å². The van der Waals surface area contributed by atoms with Gasteiger partial charge in [0.25, 0.3) is 0 Å². The minimum atomic E-state index is -1.06. The van der Waals surface area contributed by atoms with E-state index in [1.54, 1.807) is 18.2 Å². The van der Waals surface area contributed by atoms with Crippen LogP contribution in [0.2, 0.25) is 0 Å². The predicted molar refractivity (Wildman–Crippen MR) is 96.9 cm³/mol. The van der Waals surface area contributed by atoms with E-state index in [0.29, 0.717) is 5.69 Å². The molecule has 0 unspecified atom stereocenters. The highest BCUT2D eigenvalue weighted by atomic mass is 16.5. The van der Waals surface area contributed by atoms with E-state index in [1.807, 2.05) is 42.5 Å². The highest BCUT2D eigenvalue weighted by Gasteiger charge is 2.06. The number of aromatic nitrogens is 1. The number of ether oxygens (including phenoxy) is 1. The number of nitrogens with one attached hydrogen (secondary N) is 1. The van der Waals surface area contributed by atoms with Crippen LogP contribution in [0, 0.1) is 0 Å². The molecule has 3 aromatic rings. The van der Waals surface area contributed by atoms with Gasteiger partial charge in [0, 0.05) is 17.4 Å². The maximum absolute atomic E-state index is 11.8. The van der Waals surface area contributed by atoms with Crippen LogP contribution in [0.3, 0.4) is 0 Å². The molecule has 0 aliphatic heterocycles. The molecule has 0 aliphatic rings. The lowest BCUT2D eigenvalue weighted by Crippen LogP contribution is -2.13. The van der Waals surface area contributed by atoms with E-state index < -0.39 is 12.1 Å². The molecule has 0 fully saturated rings. The number of carboxylic acids is 1. The van der Waals surface area contributed by atoms with Crippen LogP contribution in [0.15, 0.2) is 72.9 Å². The summed E-state index contributed by atoms with van der Waals surface area (Å²) >= 11 is 0. The number of carbonyl (C=O) groups is 2. The Morgan fingerprint density at radius 2 is 1.62 bits per heavy atom. The molecule has 0 radical (unpaired) electrons. The average molecular weight is 348 g/mol. The second-order valence-corrected chi connectivity index (χ2v) is 5.50. The maximum Gasteiger partial charge on any atom is 0.411 e. The molecule has 0 aliphatic carbocycles. The third-order valence-electron chi connectivity index (χ3n) is 3.66. The van der Waals surface area contributed by atoms with Crippen LogP contribution >= 0.6 is 0 Å². The molecule has 0 atom stereocenters.